The second kappa shape index (κ2) is 9.47. The third kappa shape index (κ3) is 6.39. The number of likely N-dealkylation sites (N-methyl/N-ethyl adjacent to an activating group) is 1. The summed E-state index contributed by atoms with van der Waals surface area (Å²) < 4.78 is 0. The summed E-state index contributed by atoms with van der Waals surface area (Å²) in [5, 5.41) is 3.39. The lowest BCUT2D eigenvalue weighted by molar-refractivity contribution is 0.253. The molecule has 1 saturated heterocycles. The Bertz CT molecular complexity index is 109. The highest BCUT2D eigenvalue weighted by Gasteiger charge is 2.17. The van der Waals surface area contributed by atoms with Crippen LogP contribution >= 0.6 is 0 Å². The Morgan fingerprint density at radius 3 is 2.36 bits per heavy atom. The van der Waals surface area contributed by atoms with E-state index in [2.05, 4.69) is 38.0 Å². The van der Waals surface area contributed by atoms with Gasteiger partial charge in [-0.25, -0.2) is 0 Å². The number of nitrogens with one attached hydrogen (secondary N) is 1. The van der Waals surface area contributed by atoms with E-state index in [1.54, 1.807) is 0 Å². The van der Waals surface area contributed by atoms with Crippen LogP contribution in [0, 0.1) is 0 Å². The van der Waals surface area contributed by atoms with Gasteiger partial charge in [-0.3, -0.25) is 0 Å². The third-order valence-electron chi connectivity index (χ3n) is 2.52. The van der Waals surface area contributed by atoms with Crippen LogP contribution in [0.15, 0.2) is 0 Å². The molecule has 1 unspecified atom stereocenters. The molecule has 0 bridgehead atoms. The fourth-order valence-electron chi connectivity index (χ4n) is 1.61. The molecular formula is C12H28N2. The normalized spacial score (nSPS) is 20.8. The molecule has 0 aromatic heterocycles. The number of hydrogen-bond acceptors (Lipinski definition) is 2. The quantitative estimate of drug-likeness (QED) is 0.750. The number of nitrogens with zero attached hydrogens (tertiary/aromatic N) is 1. The van der Waals surface area contributed by atoms with Crippen LogP contribution in [-0.4, -0.2) is 37.6 Å². The van der Waals surface area contributed by atoms with Crippen LogP contribution in [-0.2, 0) is 0 Å². The Labute approximate surface area is 90.1 Å². The van der Waals surface area contributed by atoms with Crippen molar-refractivity contribution < 1.29 is 0 Å². The molecule has 1 N–H and O–H groups in total. The largest absolute Gasteiger partial charge is 0.315 e. The van der Waals surface area contributed by atoms with Gasteiger partial charge in [0.15, 0.2) is 0 Å². The van der Waals surface area contributed by atoms with E-state index in [0.29, 0.717) is 0 Å². The first-order chi connectivity index (χ1) is 6.76. The summed E-state index contributed by atoms with van der Waals surface area (Å²) in [6.45, 7) is 10.2. The average Bonchev–Trinajstić information content (AvgIpc) is 2.68. The van der Waals surface area contributed by atoms with Crippen LogP contribution in [0.3, 0.4) is 0 Å². The highest BCUT2D eigenvalue weighted by molar-refractivity contribution is 4.78. The first kappa shape index (κ1) is 13.9. The molecule has 1 atom stereocenters. The molecule has 0 aromatic carbocycles. The van der Waals surface area contributed by atoms with Crippen molar-refractivity contribution >= 4 is 0 Å². The van der Waals surface area contributed by atoms with Gasteiger partial charge in [0, 0.05) is 12.6 Å². The van der Waals surface area contributed by atoms with Crippen LogP contribution in [0.5, 0.6) is 0 Å². The summed E-state index contributed by atoms with van der Waals surface area (Å²) in [5.74, 6) is 0. The molecule has 0 radical (unpaired) electrons. The Hall–Kier alpha value is -0.0800. The van der Waals surface area contributed by atoms with Crippen molar-refractivity contribution in [2.24, 2.45) is 0 Å². The first-order valence-corrected chi connectivity index (χ1v) is 6.17. The maximum Gasteiger partial charge on any atom is 0.0229 e. The standard InChI is InChI=1S/C9H20N2.C3H8/c1-3-4-7-11(2)9-5-6-10-8-9;1-3-2/h9-10H,3-8H2,1-2H3;3H2,1-2H3. The molecule has 0 saturated carbocycles. The van der Waals surface area contributed by atoms with Crippen LogP contribution in [0.4, 0.5) is 0 Å². The first-order valence-electron chi connectivity index (χ1n) is 6.17. The molecular weight excluding hydrogens is 172 g/mol. The average molecular weight is 200 g/mol. The summed E-state index contributed by atoms with van der Waals surface area (Å²) in [7, 11) is 2.24. The minimum absolute atomic E-state index is 0.807. The molecule has 2 nitrogen and oxygen atoms in total. The van der Waals surface area contributed by atoms with E-state index < -0.39 is 0 Å². The molecule has 1 fully saturated rings. The highest BCUT2D eigenvalue weighted by Crippen LogP contribution is 2.06. The van der Waals surface area contributed by atoms with E-state index in [4.69, 9.17) is 0 Å². The minimum atomic E-state index is 0.807. The lowest BCUT2D eigenvalue weighted by Gasteiger charge is -2.22. The van der Waals surface area contributed by atoms with Gasteiger partial charge in [-0.2, -0.15) is 0 Å². The summed E-state index contributed by atoms with van der Waals surface area (Å²) in [6, 6.07) is 0.807. The molecule has 14 heavy (non-hydrogen) atoms. The zero-order chi connectivity index (χ0) is 10.8. The lowest BCUT2D eigenvalue weighted by atomic mass is 10.2. The monoisotopic (exact) mass is 200 g/mol. The Morgan fingerprint density at radius 2 is 1.93 bits per heavy atom. The van der Waals surface area contributed by atoms with Gasteiger partial charge in [-0.1, -0.05) is 33.6 Å². The zero-order valence-corrected chi connectivity index (χ0v) is 10.5. The van der Waals surface area contributed by atoms with E-state index in [1.807, 2.05) is 0 Å². The lowest BCUT2D eigenvalue weighted by Crippen LogP contribution is -2.33. The molecule has 1 aliphatic heterocycles. The third-order valence-corrected chi connectivity index (χ3v) is 2.52. The maximum absolute atomic E-state index is 3.39. The Morgan fingerprint density at radius 1 is 1.29 bits per heavy atom. The van der Waals surface area contributed by atoms with Crippen molar-refractivity contribution in [1.29, 1.82) is 0 Å². The predicted molar refractivity (Wildman–Crippen MR) is 64.8 cm³/mol. The molecule has 1 aliphatic rings. The topological polar surface area (TPSA) is 15.3 Å². The van der Waals surface area contributed by atoms with Gasteiger partial charge in [0.05, 0.1) is 0 Å². The van der Waals surface area contributed by atoms with E-state index in [9.17, 15) is 0 Å². The SMILES string of the molecule is CCC.CCCCN(C)C1CCNC1. The van der Waals surface area contributed by atoms with Gasteiger partial charge in [0.25, 0.3) is 0 Å². The second-order valence-electron chi connectivity index (χ2n) is 4.19. The second-order valence-corrected chi connectivity index (χ2v) is 4.19. The summed E-state index contributed by atoms with van der Waals surface area (Å²) in [4.78, 5) is 2.49. The molecule has 2 heteroatoms. The fourth-order valence-corrected chi connectivity index (χ4v) is 1.61. The number of rotatable bonds is 4. The predicted octanol–water partition coefficient (Wildman–Crippen LogP) is 2.50. The molecule has 0 spiro atoms. The summed E-state index contributed by atoms with van der Waals surface area (Å²) in [6.07, 6.45) is 5.23. The summed E-state index contributed by atoms with van der Waals surface area (Å²) in [5.41, 5.74) is 0. The van der Waals surface area contributed by atoms with E-state index in [1.165, 1.54) is 45.3 Å². The van der Waals surface area contributed by atoms with Gasteiger partial charge in [-0.05, 0) is 33.0 Å². The molecule has 86 valence electrons. The van der Waals surface area contributed by atoms with E-state index >= 15 is 0 Å². The molecule has 0 aromatic rings. The highest BCUT2D eigenvalue weighted by atomic mass is 15.2. The van der Waals surface area contributed by atoms with Crippen molar-refractivity contribution in [3.63, 3.8) is 0 Å². The Balaban J connectivity index is 0.000000500. The van der Waals surface area contributed by atoms with Gasteiger partial charge in [0.2, 0.25) is 0 Å². The zero-order valence-electron chi connectivity index (χ0n) is 10.5. The van der Waals surface area contributed by atoms with Gasteiger partial charge < -0.3 is 10.2 Å². The van der Waals surface area contributed by atoms with Crippen LogP contribution < -0.4 is 5.32 Å². The van der Waals surface area contributed by atoms with Crippen molar-refractivity contribution in [2.45, 2.75) is 52.5 Å². The fraction of sp³-hybridized carbons (Fsp3) is 1.00. The molecule has 1 heterocycles. The van der Waals surface area contributed by atoms with Crippen molar-refractivity contribution in [1.82, 2.24) is 10.2 Å². The van der Waals surface area contributed by atoms with Gasteiger partial charge in [-0.15, -0.1) is 0 Å². The number of unbranched alkanes of at least 4 members (excludes halogenated alkanes) is 1. The van der Waals surface area contributed by atoms with Crippen LogP contribution in [0.2, 0.25) is 0 Å². The Kier molecular flexibility index (Phi) is 9.42. The van der Waals surface area contributed by atoms with E-state index in [0.717, 1.165) is 6.04 Å². The van der Waals surface area contributed by atoms with Crippen molar-refractivity contribution in [2.75, 3.05) is 26.7 Å². The minimum Gasteiger partial charge on any atom is -0.315 e. The molecule has 0 aliphatic carbocycles. The molecule has 0 amide bonds. The van der Waals surface area contributed by atoms with Crippen molar-refractivity contribution in [3.8, 4) is 0 Å². The van der Waals surface area contributed by atoms with E-state index in [-0.39, 0.29) is 0 Å². The summed E-state index contributed by atoms with van der Waals surface area (Å²) >= 11 is 0. The van der Waals surface area contributed by atoms with Gasteiger partial charge in [0.1, 0.15) is 0 Å². The van der Waals surface area contributed by atoms with Gasteiger partial charge >= 0.3 is 0 Å². The van der Waals surface area contributed by atoms with Crippen LogP contribution in [0.1, 0.15) is 46.5 Å². The molecule has 1 rings (SSSR count). The number of hydrogen-bond donors (Lipinski definition) is 1. The van der Waals surface area contributed by atoms with Crippen molar-refractivity contribution in [3.05, 3.63) is 0 Å². The van der Waals surface area contributed by atoms with Crippen LogP contribution in [0.25, 0.3) is 0 Å². The smallest absolute Gasteiger partial charge is 0.0229 e. The maximum atomic E-state index is 3.39.